The molecule has 2 aromatic carbocycles. The van der Waals surface area contributed by atoms with E-state index in [9.17, 15) is 14.4 Å². The highest BCUT2D eigenvalue weighted by molar-refractivity contribution is 7.13. The molecule has 0 aliphatic carbocycles. The summed E-state index contributed by atoms with van der Waals surface area (Å²) in [7, 11) is 0. The number of nitrogens with zero attached hydrogens (tertiary/aromatic N) is 3. The molecule has 35 heavy (non-hydrogen) atoms. The number of carbonyl (C=O) groups excluding carboxylic acids is 2. The lowest BCUT2D eigenvalue weighted by atomic mass is 9.97. The minimum absolute atomic E-state index is 0.0565. The third-order valence-electron chi connectivity index (χ3n) is 6.20. The van der Waals surface area contributed by atoms with Crippen LogP contribution in [0.3, 0.4) is 0 Å². The van der Waals surface area contributed by atoms with Crippen LogP contribution in [-0.2, 0) is 14.3 Å². The number of rotatable bonds is 6. The van der Waals surface area contributed by atoms with Crippen LogP contribution in [0.5, 0.6) is 0 Å². The van der Waals surface area contributed by atoms with Gasteiger partial charge in [0.2, 0.25) is 0 Å². The van der Waals surface area contributed by atoms with Crippen LogP contribution in [0, 0.1) is 13.8 Å². The number of aromatic amines is 1. The second-order valence-electron chi connectivity index (χ2n) is 8.50. The molecule has 1 saturated heterocycles. The van der Waals surface area contributed by atoms with Crippen molar-refractivity contribution < 1.29 is 14.3 Å². The lowest BCUT2D eigenvalue weighted by Crippen LogP contribution is -2.36. The topological polar surface area (TPSA) is 104 Å². The van der Waals surface area contributed by atoms with Gasteiger partial charge in [0.05, 0.1) is 35.5 Å². The van der Waals surface area contributed by atoms with E-state index in [1.165, 1.54) is 0 Å². The Morgan fingerprint density at radius 1 is 1.17 bits per heavy atom. The van der Waals surface area contributed by atoms with Gasteiger partial charge in [0.1, 0.15) is 11.3 Å². The Labute approximate surface area is 205 Å². The molecule has 9 heteroatoms. The van der Waals surface area contributed by atoms with E-state index < -0.39 is 5.91 Å². The Balaban J connectivity index is 1.61. The Morgan fingerprint density at radius 2 is 1.91 bits per heavy atom. The molecular formula is C26H24N4O4S. The Kier molecular flexibility index (Phi) is 6.27. The van der Waals surface area contributed by atoms with Gasteiger partial charge < -0.3 is 19.4 Å². The van der Waals surface area contributed by atoms with Crippen LogP contribution in [0.25, 0.3) is 16.7 Å². The lowest BCUT2D eigenvalue weighted by molar-refractivity contribution is -0.112. The van der Waals surface area contributed by atoms with Gasteiger partial charge >= 0.3 is 4.87 Å². The van der Waals surface area contributed by atoms with Crippen molar-refractivity contribution in [3.8, 4) is 11.1 Å². The molecule has 5 rings (SSSR count). The van der Waals surface area contributed by atoms with E-state index in [-0.39, 0.29) is 11.3 Å². The monoisotopic (exact) mass is 488 g/mol. The molecule has 1 amide bonds. The Morgan fingerprint density at radius 3 is 2.57 bits per heavy atom. The fraction of sp³-hybridized carbons (Fsp3) is 0.269. The molecule has 0 unspecified atom stereocenters. The summed E-state index contributed by atoms with van der Waals surface area (Å²) in [6, 6.07) is 12.2. The normalized spacial score (nSPS) is 15.8. The van der Waals surface area contributed by atoms with Gasteiger partial charge in [-0.05, 0) is 54.8 Å². The fourth-order valence-electron chi connectivity index (χ4n) is 4.44. The summed E-state index contributed by atoms with van der Waals surface area (Å²) in [6.07, 6.45) is 0.653. The van der Waals surface area contributed by atoms with E-state index in [0.29, 0.717) is 38.8 Å². The number of aromatic nitrogens is 1. The van der Waals surface area contributed by atoms with E-state index in [1.54, 1.807) is 6.92 Å². The highest BCUT2D eigenvalue weighted by Crippen LogP contribution is 2.26. The van der Waals surface area contributed by atoms with Crippen molar-refractivity contribution in [2.45, 2.75) is 20.3 Å². The van der Waals surface area contributed by atoms with Gasteiger partial charge in [0, 0.05) is 30.4 Å². The zero-order chi connectivity index (χ0) is 24.5. The highest BCUT2D eigenvalue weighted by Gasteiger charge is 2.23. The maximum absolute atomic E-state index is 12.9. The lowest BCUT2D eigenvalue weighted by Gasteiger charge is -2.29. The number of hydrogen-bond donors (Lipinski definition) is 1. The van der Waals surface area contributed by atoms with Crippen molar-refractivity contribution in [2.75, 3.05) is 31.2 Å². The largest absolute Gasteiger partial charge is 0.378 e. The quantitative estimate of drug-likeness (QED) is 0.423. The number of thiazole rings is 1. The first kappa shape index (κ1) is 23.1. The van der Waals surface area contributed by atoms with Crippen molar-refractivity contribution in [3.05, 3.63) is 67.9 Å². The number of aryl methyl sites for hydroxylation is 2. The minimum atomic E-state index is -0.430. The molecule has 0 atom stereocenters. The molecule has 0 bridgehead atoms. The molecule has 3 heterocycles. The first-order valence-corrected chi connectivity index (χ1v) is 12.2. The SMILES string of the molecule is Cc1cc2c(cc1-c1ccc(N3CCOCC3)cc1)=C(C(CC=O)=Nc1sc(=O)[nH]c1C)C(=O)N=2. The van der Waals surface area contributed by atoms with Crippen LogP contribution in [0.2, 0.25) is 0 Å². The molecule has 2 aliphatic rings. The van der Waals surface area contributed by atoms with Crippen LogP contribution >= 0.6 is 11.3 Å². The second-order valence-corrected chi connectivity index (χ2v) is 9.46. The molecule has 8 nitrogen and oxygen atoms in total. The fourth-order valence-corrected chi connectivity index (χ4v) is 5.18. The summed E-state index contributed by atoms with van der Waals surface area (Å²) in [5, 5.41) is 1.66. The van der Waals surface area contributed by atoms with Gasteiger partial charge in [-0.1, -0.05) is 23.5 Å². The van der Waals surface area contributed by atoms with Crippen LogP contribution in [0.4, 0.5) is 10.7 Å². The average Bonchev–Trinajstić information content (AvgIpc) is 3.34. The molecule has 3 aromatic rings. The van der Waals surface area contributed by atoms with E-state index in [2.05, 4.69) is 44.1 Å². The third-order valence-corrected chi connectivity index (χ3v) is 7.08. The number of aliphatic imine (C=N–C) groups is 1. The number of nitrogens with one attached hydrogen (secondary N) is 1. The van der Waals surface area contributed by atoms with Crippen molar-refractivity contribution in [1.82, 2.24) is 4.98 Å². The summed E-state index contributed by atoms with van der Waals surface area (Å²) in [5.41, 5.74) is 5.35. The average molecular weight is 489 g/mol. The molecule has 0 saturated carbocycles. The molecule has 0 radical (unpaired) electrons. The number of morpholine rings is 1. The predicted molar refractivity (Wildman–Crippen MR) is 136 cm³/mol. The van der Waals surface area contributed by atoms with Gasteiger partial charge in [0.25, 0.3) is 5.91 Å². The second kappa shape index (κ2) is 9.52. The van der Waals surface area contributed by atoms with E-state index in [4.69, 9.17) is 4.74 Å². The standard InChI is InChI=1S/C26H24N4O4S/c1-15-13-22-20(14-19(15)17-3-5-18(6-4-17)30-8-11-34-12-9-30)23(24(32)28-22)21(7-10-31)29-25-16(2)27-26(33)35-25/h3-6,10,13-14H,7-9,11-12H2,1-2H3,(H,27,33). The number of H-pyrrole nitrogens is 1. The summed E-state index contributed by atoms with van der Waals surface area (Å²) in [5.74, 6) is -0.430. The molecule has 2 aliphatic heterocycles. The zero-order valence-corrected chi connectivity index (χ0v) is 20.3. The number of benzene rings is 2. The third kappa shape index (κ3) is 4.52. The van der Waals surface area contributed by atoms with Gasteiger partial charge in [-0.25, -0.2) is 9.98 Å². The van der Waals surface area contributed by atoms with Crippen molar-refractivity contribution >= 4 is 45.5 Å². The molecule has 1 aromatic heterocycles. The summed E-state index contributed by atoms with van der Waals surface area (Å²) in [4.78, 5) is 49.6. The van der Waals surface area contributed by atoms with Gasteiger partial charge in [-0.15, -0.1) is 0 Å². The van der Waals surface area contributed by atoms with Crippen LogP contribution in [0.1, 0.15) is 17.7 Å². The molecule has 1 fully saturated rings. The number of ether oxygens (including phenoxy) is 1. The van der Waals surface area contributed by atoms with Gasteiger partial charge in [-0.2, -0.15) is 0 Å². The maximum Gasteiger partial charge on any atom is 0.306 e. The number of aldehydes is 1. The number of carbonyl (C=O) groups is 2. The predicted octanol–water partition coefficient (Wildman–Crippen LogP) is 2.23. The van der Waals surface area contributed by atoms with Crippen LogP contribution in [0.15, 0.2) is 51.2 Å². The summed E-state index contributed by atoms with van der Waals surface area (Å²) < 4.78 is 5.44. The molecule has 0 spiro atoms. The number of hydrogen-bond acceptors (Lipinski definition) is 7. The molecule has 178 valence electrons. The van der Waals surface area contributed by atoms with E-state index in [1.807, 2.05) is 19.1 Å². The number of anilines is 1. The maximum atomic E-state index is 12.9. The summed E-state index contributed by atoms with van der Waals surface area (Å²) in [6.45, 7) is 6.92. The van der Waals surface area contributed by atoms with Crippen molar-refractivity contribution in [2.24, 2.45) is 9.98 Å². The Bertz CT molecular complexity index is 1530. The van der Waals surface area contributed by atoms with Crippen LogP contribution < -0.4 is 20.3 Å². The molecule has 1 N–H and O–H groups in total. The molecular weight excluding hydrogens is 464 g/mol. The Hall–Kier alpha value is -3.69. The van der Waals surface area contributed by atoms with Gasteiger partial charge in [0.15, 0.2) is 0 Å². The number of amides is 1. The number of fused-ring (bicyclic) bond motifs is 1. The van der Waals surface area contributed by atoms with Crippen molar-refractivity contribution in [1.29, 1.82) is 0 Å². The van der Waals surface area contributed by atoms with E-state index >= 15 is 0 Å². The first-order valence-electron chi connectivity index (χ1n) is 11.4. The highest BCUT2D eigenvalue weighted by atomic mass is 32.1. The first-order chi connectivity index (χ1) is 16.9. The van der Waals surface area contributed by atoms with E-state index in [0.717, 1.165) is 60.0 Å². The zero-order valence-electron chi connectivity index (χ0n) is 19.5. The smallest absolute Gasteiger partial charge is 0.306 e. The summed E-state index contributed by atoms with van der Waals surface area (Å²) >= 11 is 0.944. The van der Waals surface area contributed by atoms with Gasteiger partial charge in [-0.3, -0.25) is 9.59 Å². The van der Waals surface area contributed by atoms with Crippen molar-refractivity contribution in [3.63, 3.8) is 0 Å². The van der Waals surface area contributed by atoms with Crippen LogP contribution in [-0.4, -0.2) is 49.2 Å². The minimum Gasteiger partial charge on any atom is -0.378 e.